The summed E-state index contributed by atoms with van der Waals surface area (Å²) in [4.78, 5) is 17.4. The molecule has 0 aliphatic carbocycles. The number of nitrogens with zero attached hydrogens (tertiary/aromatic N) is 2. The van der Waals surface area contributed by atoms with E-state index in [0.717, 1.165) is 21.9 Å². The molecule has 1 amide bonds. The SMILES string of the molecule is COCCn1ccc2cc(NC(=O)c3cccc(S(=O)(=O)N(C)OC)c3)ccc21. The molecule has 0 spiro atoms. The zero-order valence-electron chi connectivity index (χ0n) is 16.5. The van der Waals surface area contributed by atoms with Crippen molar-refractivity contribution in [1.82, 2.24) is 9.04 Å². The summed E-state index contributed by atoms with van der Waals surface area (Å²) in [5.41, 5.74) is 1.89. The van der Waals surface area contributed by atoms with Gasteiger partial charge in [-0.3, -0.25) is 9.63 Å². The molecule has 0 saturated carbocycles. The number of benzene rings is 2. The molecule has 0 unspecified atom stereocenters. The van der Waals surface area contributed by atoms with Crippen LogP contribution in [0.5, 0.6) is 0 Å². The van der Waals surface area contributed by atoms with Gasteiger partial charge < -0.3 is 14.6 Å². The van der Waals surface area contributed by atoms with E-state index < -0.39 is 15.9 Å². The van der Waals surface area contributed by atoms with Gasteiger partial charge in [-0.2, -0.15) is 0 Å². The van der Waals surface area contributed by atoms with Gasteiger partial charge in [-0.1, -0.05) is 10.5 Å². The second kappa shape index (κ2) is 8.75. The Morgan fingerprint density at radius 3 is 2.66 bits per heavy atom. The van der Waals surface area contributed by atoms with Crippen molar-refractivity contribution in [3.05, 3.63) is 60.3 Å². The van der Waals surface area contributed by atoms with E-state index in [-0.39, 0.29) is 10.5 Å². The molecule has 0 fully saturated rings. The zero-order valence-corrected chi connectivity index (χ0v) is 17.3. The minimum absolute atomic E-state index is 0.0276. The highest BCUT2D eigenvalue weighted by molar-refractivity contribution is 7.89. The highest BCUT2D eigenvalue weighted by Gasteiger charge is 2.22. The lowest BCUT2D eigenvalue weighted by Gasteiger charge is -2.14. The average molecular weight is 417 g/mol. The van der Waals surface area contributed by atoms with Crippen LogP contribution in [-0.4, -0.2) is 51.2 Å². The molecule has 0 aliphatic rings. The third-order valence-corrected chi connectivity index (χ3v) is 6.23. The number of hydrogen-bond donors (Lipinski definition) is 1. The van der Waals surface area contributed by atoms with Gasteiger partial charge >= 0.3 is 0 Å². The standard InChI is InChI=1S/C20H23N3O5S/c1-22(28-3)29(25,26)18-6-4-5-16(14-18)20(24)21-17-7-8-19-15(13-17)9-10-23(19)11-12-27-2/h4-10,13-14H,11-12H2,1-3H3,(H,21,24). The number of hydroxylamine groups is 1. The molecule has 1 N–H and O–H groups in total. The first-order valence-corrected chi connectivity index (χ1v) is 10.3. The van der Waals surface area contributed by atoms with E-state index in [0.29, 0.717) is 12.3 Å². The number of hydrogen-bond acceptors (Lipinski definition) is 5. The van der Waals surface area contributed by atoms with E-state index in [9.17, 15) is 13.2 Å². The van der Waals surface area contributed by atoms with Crippen LogP contribution in [0.15, 0.2) is 59.6 Å². The Hall–Kier alpha value is -2.72. The normalized spacial score (nSPS) is 11.9. The van der Waals surface area contributed by atoms with Gasteiger partial charge in [0.1, 0.15) is 0 Å². The molecule has 2 aromatic carbocycles. The van der Waals surface area contributed by atoms with Crippen LogP contribution in [0.1, 0.15) is 10.4 Å². The zero-order chi connectivity index (χ0) is 21.0. The Balaban J connectivity index is 1.81. The lowest BCUT2D eigenvalue weighted by Crippen LogP contribution is -2.26. The van der Waals surface area contributed by atoms with Crippen LogP contribution in [0, 0.1) is 0 Å². The topological polar surface area (TPSA) is 89.9 Å². The smallest absolute Gasteiger partial charge is 0.264 e. The fraction of sp³-hybridized carbons (Fsp3) is 0.250. The number of carbonyl (C=O) groups is 1. The van der Waals surface area contributed by atoms with Gasteiger partial charge in [0.05, 0.1) is 18.6 Å². The molecule has 0 aliphatic heterocycles. The van der Waals surface area contributed by atoms with Crippen molar-refractivity contribution in [2.45, 2.75) is 11.4 Å². The second-order valence-corrected chi connectivity index (χ2v) is 8.29. The summed E-state index contributed by atoms with van der Waals surface area (Å²) in [7, 11) is 0.371. The van der Waals surface area contributed by atoms with Crippen molar-refractivity contribution in [3.63, 3.8) is 0 Å². The molecule has 8 nitrogen and oxygen atoms in total. The molecule has 154 valence electrons. The van der Waals surface area contributed by atoms with Crippen LogP contribution in [0.25, 0.3) is 10.9 Å². The maximum atomic E-state index is 12.6. The first-order valence-electron chi connectivity index (χ1n) is 8.89. The number of amides is 1. The van der Waals surface area contributed by atoms with Crippen molar-refractivity contribution in [2.75, 3.05) is 33.2 Å². The molecule has 3 rings (SSSR count). The summed E-state index contributed by atoms with van der Waals surface area (Å²) in [5, 5.41) is 3.80. The second-order valence-electron chi connectivity index (χ2n) is 6.35. The maximum Gasteiger partial charge on any atom is 0.264 e. The molecule has 9 heteroatoms. The molecular weight excluding hydrogens is 394 g/mol. The number of sulfonamides is 1. The van der Waals surface area contributed by atoms with Crippen LogP contribution in [0.4, 0.5) is 5.69 Å². The molecule has 1 heterocycles. The number of methoxy groups -OCH3 is 1. The fourth-order valence-electron chi connectivity index (χ4n) is 2.91. The van der Waals surface area contributed by atoms with E-state index in [1.165, 1.54) is 32.4 Å². The molecule has 29 heavy (non-hydrogen) atoms. The Kier molecular flexibility index (Phi) is 6.33. The van der Waals surface area contributed by atoms with Crippen molar-refractivity contribution in [1.29, 1.82) is 0 Å². The predicted octanol–water partition coefficient (Wildman–Crippen LogP) is 2.72. The van der Waals surface area contributed by atoms with Crippen molar-refractivity contribution < 1.29 is 22.8 Å². The molecule has 1 aromatic heterocycles. The van der Waals surface area contributed by atoms with Crippen molar-refractivity contribution in [3.8, 4) is 0 Å². The largest absolute Gasteiger partial charge is 0.383 e. The van der Waals surface area contributed by atoms with Gasteiger partial charge in [0.15, 0.2) is 0 Å². The number of rotatable bonds is 8. The fourth-order valence-corrected chi connectivity index (χ4v) is 3.93. The van der Waals surface area contributed by atoms with Gasteiger partial charge in [0.2, 0.25) is 0 Å². The average Bonchev–Trinajstić information content (AvgIpc) is 3.13. The van der Waals surface area contributed by atoms with Crippen LogP contribution in [0.3, 0.4) is 0 Å². The molecular formula is C20H23N3O5S. The number of ether oxygens (including phenoxy) is 1. The molecule has 0 bridgehead atoms. The summed E-state index contributed by atoms with van der Waals surface area (Å²) < 4.78 is 32.7. The van der Waals surface area contributed by atoms with Crippen LogP contribution < -0.4 is 5.32 Å². The highest BCUT2D eigenvalue weighted by Crippen LogP contribution is 2.22. The number of aromatic nitrogens is 1. The van der Waals surface area contributed by atoms with Gasteiger partial charge in [0.25, 0.3) is 15.9 Å². The molecule has 0 saturated heterocycles. The summed E-state index contributed by atoms with van der Waals surface area (Å²) in [6.07, 6.45) is 1.97. The maximum absolute atomic E-state index is 12.6. The van der Waals surface area contributed by atoms with Gasteiger partial charge in [0, 0.05) is 49.1 Å². The van der Waals surface area contributed by atoms with Crippen molar-refractivity contribution in [2.24, 2.45) is 0 Å². The highest BCUT2D eigenvalue weighted by atomic mass is 32.2. The number of nitrogens with one attached hydrogen (secondary N) is 1. The van der Waals surface area contributed by atoms with Crippen LogP contribution >= 0.6 is 0 Å². The Morgan fingerprint density at radius 2 is 1.93 bits per heavy atom. The first-order chi connectivity index (χ1) is 13.9. The Labute approximate surface area is 169 Å². The Morgan fingerprint density at radius 1 is 1.14 bits per heavy atom. The monoisotopic (exact) mass is 417 g/mol. The third kappa shape index (κ3) is 4.48. The van der Waals surface area contributed by atoms with E-state index >= 15 is 0 Å². The van der Waals surface area contributed by atoms with E-state index in [2.05, 4.69) is 9.88 Å². The lowest BCUT2D eigenvalue weighted by molar-refractivity contribution is -0.0258. The predicted molar refractivity (Wildman–Crippen MR) is 110 cm³/mol. The van der Waals surface area contributed by atoms with E-state index in [1.807, 2.05) is 30.5 Å². The van der Waals surface area contributed by atoms with E-state index in [1.54, 1.807) is 13.2 Å². The Bertz CT molecular complexity index is 1120. The minimum Gasteiger partial charge on any atom is -0.383 e. The van der Waals surface area contributed by atoms with Crippen molar-refractivity contribution >= 4 is 32.5 Å². The minimum atomic E-state index is -3.83. The van der Waals surface area contributed by atoms with Gasteiger partial charge in [-0.15, -0.1) is 0 Å². The number of carbonyl (C=O) groups excluding carboxylic acids is 1. The summed E-state index contributed by atoms with van der Waals surface area (Å²) >= 11 is 0. The third-order valence-electron chi connectivity index (χ3n) is 4.55. The number of anilines is 1. The van der Waals surface area contributed by atoms with Gasteiger partial charge in [-0.05, 0) is 42.5 Å². The molecule has 3 aromatic rings. The summed E-state index contributed by atoms with van der Waals surface area (Å²) in [5.74, 6) is -0.403. The molecule has 0 radical (unpaired) electrons. The van der Waals surface area contributed by atoms with Crippen LogP contribution in [0.2, 0.25) is 0 Å². The summed E-state index contributed by atoms with van der Waals surface area (Å²) in [6, 6.07) is 13.4. The molecule has 0 atom stereocenters. The first kappa shape index (κ1) is 21.0. The quantitative estimate of drug-likeness (QED) is 0.569. The number of fused-ring (bicyclic) bond motifs is 1. The lowest BCUT2D eigenvalue weighted by atomic mass is 10.2. The van der Waals surface area contributed by atoms with E-state index in [4.69, 9.17) is 9.57 Å². The van der Waals surface area contributed by atoms with Crippen LogP contribution in [-0.2, 0) is 26.1 Å². The summed E-state index contributed by atoms with van der Waals surface area (Å²) in [6.45, 7) is 1.35. The van der Waals surface area contributed by atoms with Gasteiger partial charge in [-0.25, -0.2) is 8.42 Å².